The molecule has 2 aliphatic carbocycles. The fourth-order valence-electron chi connectivity index (χ4n) is 2.54. The minimum Gasteiger partial charge on any atom is -0.487 e. The van der Waals surface area contributed by atoms with Crippen molar-refractivity contribution in [2.45, 2.75) is 57.2 Å². The Morgan fingerprint density at radius 2 is 1.94 bits per heavy atom. The van der Waals surface area contributed by atoms with Gasteiger partial charge in [0.1, 0.15) is 0 Å². The minimum atomic E-state index is -0.225. The van der Waals surface area contributed by atoms with Gasteiger partial charge in [0, 0.05) is 18.2 Å². The molecule has 1 aromatic carbocycles. The lowest BCUT2D eigenvalue weighted by atomic mass is 10.2. The van der Waals surface area contributed by atoms with Crippen LogP contribution >= 0.6 is 0 Å². The molecule has 0 atom stereocenters. The van der Waals surface area contributed by atoms with Crippen molar-refractivity contribution in [1.29, 1.82) is 0 Å². The molecule has 0 unspecified atom stereocenters. The van der Waals surface area contributed by atoms with Crippen molar-refractivity contribution >= 4 is 0 Å². The molecule has 1 N–H and O–H groups in total. The fraction of sp³-hybridized carbons (Fsp3) is 0.600. The topological polar surface area (TPSA) is 21.3 Å². The molecule has 0 aromatic heterocycles. The highest BCUT2D eigenvalue weighted by Crippen LogP contribution is 2.29. The van der Waals surface area contributed by atoms with E-state index in [4.69, 9.17) is 4.74 Å². The maximum absolute atomic E-state index is 13.9. The summed E-state index contributed by atoms with van der Waals surface area (Å²) in [5.74, 6) is 0.245. The number of ether oxygens (including phenoxy) is 1. The molecule has 0 spiro atoms. The molecule has 2 nitrogen and oxygen atoms in total. The smallest absolute Gasteiger partial charge is 0.165 e. The number of halogens is 1. The van der Waals surface area contributed by atoms with E-state index in [2.05, 4.69) is 5.32 Å². The van der Waals surface area contributed by atoms with Crippen LogP contribution in [0.4, 0.5) is 4.39 Å². The van der Waals surface area contributed by atoms with Gasteiger partial charge in [-0.25, -0.2) is 4.39 Å². The first-order chi connectivity index (χ1) is 8.83. The number of rotatable bonds is 5. The third-order valence-electron chi connectivity index (χ3n) is 3.79. The first-order valence-electron chi connectivity index (χ1n) is 7.00. The van der Waals surface area contributed by atoms with Crippen molar-refractivity contribution in [3.63, 3.8) is 0 Å². The van der Waals surface area contributed by atoms with Gasteiger partial charge in [-0.3, -0.25) is 0 Å². The summed E-state index contributed by atoms with van der Waals surface area (Å²) in [6.45, 7) is 0.713. The molecular weight excluding hydrogens is 229 g/mol. The summed E-state index contributed by atoms with van der Waals surface area (Å²) in [6.07, 6.45) is 7.22. The van der Waals surface area contributed by atoms with E-state index in [1.807, 2.05) is 6.07 Å². The quantitative estimate of drug-likeness (QED) is 0.863. The first-order valence-corrected chi connectivity index (χ1v) is 7.00. The molecule has 2 fully saturated rings. The lowest BCUT2D eigenvalue weighted by molar-refractivity contribution is 0.198. The van der Waals surface area contributed by atoms with Gasteiger partial charge in [-0.2, -0.15) is 0 Å². The molecule has 2 saturated carbocycles. The molecule has 1 aromatic rings. The van der Waals surface area contributed by atoms with E-state index in [0.717, 1.165) is 18.4 Å². The van der Waals surface area contributed by atoms with Gasteiger partial charge in [-0.15, -0.1) is 0 Å². The molecule has 3 heteroatoms. The summed E-state index contributed by atoms with van der Waals surface area (Å²) in [7, 11) is 0. The lowest BCUT2D eigenvalue weighted by Crippen LogP contribution is -2.18. The second-order valence-corrected chi connectivity index (χ2v) is 5.41. The Morgan fingerprint density at radius 1 is 1.17 bits per heavy atom. The molecule has 3 rings (SSSR count). The number of hydrogen-bond donors (Lipinski definition) is 1. The van der Waals surface area contributed by atoms with Gasteiger partial charge < -0.3 is 10.1 Å². The van der Waals surface area contributed by atoms with Gasteiger partial charge in [0.05, 0.1) is 6.10 Å². The van der Waals surface area contributed by atoms with E-state index < -0.39 is 0 Å². The first kappa shape index (κ1) is 12.0. The highest BCUT2D eigenvalue weighted by Gasteiger charge is 2.23. The highest BCUT2D eigenvalue weighted by atomic mass is 19.1. The van der Waals surface area contributed by atoms with E-state index >= 15 is 0 Å². The molecule has 0 heterocycles. The standard InChI is InChI=1S/C15H20FNO/c16-14-7-3-4-11(10-17-12-8-9-12)15(14)18-13-5-1-2-6-13/h3-4,7,12-13,17H,1-2,5-6,8-10H2. The number of hydrogen-bond acceptors (Lipinski definition) is 2. The molecule has 0 aliphatic heterocycles. The third-order valence-corrected chi connectivity index (χ3v) is 3.79. The summed E-state index contributed by atoms with van der Waals surface area (Å²) < 4.78 is 19.8. The second-order valence-electron chi connectivity index (χ2n) is 5.41. The molecule has 0 saturated heterocycles. The Bertz CT molecular complexity index is 411. The molecular formula is C15H20FNO. The highest BCUT2D eigenvalue weighted by molar-refractivity contribution is 5.35. The molecule has 98 valence electrons. The molecule has 2 aliphatic rings. The van der Waals surface area contributed by atoms with Crippen molar-refractivity contribution in [2.24, 2.45) is 0 Å². The van der Waals surface area contributed by atoms with Crippen LogP contribution < -0.4 is 10.1 Å². The van der Waals surface area contributed by atoms with E-state index in [9.17, 15) is 4.39 Å². The van der Waals surface area contributed by atoms with Gasteiger partial charge >= 0.3 is 0 Å². The Morgan fingerprint density at radius 3 is 2.67 bits per heavy atom. The van der Waals surface area contributed by atoms with Gasteiger partial charge in [-0.05, 0) is 44.6 Å². The zero-order chi connectivity index (χ0) is 12.4. The van der Waals surface area contributed by atoms with Crippen LogP contribution in [0.3, 0.4) is 0 Å². The normalized spacial score (nSPS) is 20.3. The maximum Gasteiger partial charge on any atom is 0.165 e. The van der Waals surface area contributed by atoms with Gasteiger partial charge in [0.25, 0.3) is 0 Å². The van der Waals surface area contributed by atoms with Crippen molar-refractivity contribution in [1.82, 2.24) is 5.32 Å². The zero-order valence-electron chi connectivity index (χ0n) is 10.6. The average molecular weight is 249 g/mol. The number of nitrogens with one attached hydrogen (secondary N) is 1. The molecule has 0 amide bonds. The Labute approximate surface area is 108 Å². The van der Waals surface area contributed by atoms with Crippen LogP contribution in [0.25, 0.3) is 0 Å². The molecule has 0 radical (unpaired) electrons. The van der Waals surface area contributed by atoms with Crippen molar-refractivity contribution in [3.8, 4) is 5.75 Å². The average Bonchev–Trinajstić information content (AvgIpc) is 3.06. The van der Waals surface area contributed by atoms with Crippen LogP contribution in [0.15, 0.2) is 18.2 Å². The van der Waals surface area contributed by atoms with Gasteiger partial charge in [0.2, 0.25) is 0 Å². The van der Waals surface area contributed by atoms with Crippen molar-refractivity contribution < 1.29 is 9.13 Å². The van der Waals surface area contributed by atoms with Crippen molar-refractivity contribution in [2.75, 3.05) is 0 Å². The SMILES string of the molecule is Fc1cccc(CNC2CC2)c1OC1CCCC1. The summed E-state index contributed by atoms with van der Waals surface area (Å²) in [5, 5.41) is 3.42. The van der Waals surface area contributed by atoms with E-state index in [1.54, 1.807) is 6.07 Å². The van der Waals surface area contributed by atoms with Crippen LogP contribution in [-0.4, -0.2) is 12.1 Å². The van der Waals surface area contributed by atoms with Crippen LogP contribution in [0.1, 0.15) is 44.1 Å². The van der Waals surface area contributed by atoms with Crippen LogP contribution in [0, 0.1) is 5.82 Å². The van der Waals surface area contributed by atoms with Gasteiger partial charge in [-0.1, -0.05) is 12.1 Å². The maximum atomic E-state index is 13.9. The van der Waals surface area contributed by atoms with E-state index in [0.29, 0.717) is 18.3 Å². The molecule has 0 bridgehead atoms. The third kappa shape index (κ3) is 2.83. The predicted octanol–water partition coefficient (Wildman–Crippen LogP) is 3.40. The minimum absolute atomic E-state index is 0.210. The number of para-hydroxylation sites is 1. The zero-order valence-corrected chi connectivity index (χ0v) is 10.6. The summed E-state index contributed by atoms with van der Waals surface area (Å²) in [5.41, 5.74) is 0.953. The van der Waals surface area contributed by atoms with Crippen LogP contribution in [-0.2, 0) is 6.54 Å². The fourth-order valence-corrected chi connectivity index (χ4v) is 2.54. The predicted molar refractivity (Wildman–Crippen MR) is 69.1 cm³/mol. The molecule has 18 heavy (non-hydrogen) atoms. The van der Waals surface area contributed by atoms with Crippen molar-refractivity contribution in [3.05, 3.63) is 29.6 Å². The van der Waals surface area contributed by atoms with E-state index in [1.165, 1.54) is 31.7 Å². The summed E-state index contributed by atoms with van der Waals surface area (Å²) in [6, 6.07) is 5.85. The van der Waals surface area contributed by atoms with Crippen LogP contribution in [0.2, 0.25) is 0 Å². The second kappa shape index (κ2) is 5.27. The van der Waals surface area contributed by atoms with Crippen LogP contribution in [0.5, 0.6) is 5.75 Å². The number of benzene rings is 1. The summed E-state index contributed by atoms with van der Waals surface area (Å²) in [4.78, 5) is 0. The monoisotopic (exact) mass is 249 g/mol. The van der Waals surface area contributed by atoms with E-state index in [-0.39, 0.29) is 11.9 Å². The largest absolute Gasteiger partial charge is 0.487 e. The Hall–Kier alpha value is -1.09. The summed E-state index contributed by atoms with van der Waals surface area (Å²) >= 11 is 0. The van der Waals surface area contributed by atoms with Gasteiger partial charge in [0.15, 0.2) is 11.6 Å². The Kier molecular flexibility index (Phi) is 3.50. The lowest BCUT2D eigenvalue weighted by Gasteiger charge is -2.17. The Balaban J connectivity index is 1.71.